The summed E-state index contributed by atoms with van der Waals surface area (Å²) in [5.74, 6) is 0. The second kappa shape index (κ2) is 7.37. The van der Waals surface area contributed by atoms with Crippen LogP contribution in [0.4, 0.5) is 0 Å². The SMILES string of the molecule is CCc1c(-c2ccccc2)cc(-c2ccccc2)nc1-c1ccccc1. The third kappa shape index (κ3) is 3.16. The van der Waals surface area contributed by atoms with E-state index in [4.69, 9.17) is 4.98 Å². The van der Waals surface area contributed by atoms with E-state index in [2.05, 4.69) is 91.9 Å². The van der Waals surface area contributed by atoms with Gasteiger partial charge in [-0.1, -0.05) is 97.9 Å². The van der Waals surface area contributed by atoms with Crippen molar-refractivity contribution in [2.24, 2.45) is 0 Å². The van der Waals surface area contributed by atoms with Gasteiger partial charge in [0, 0.05) is 11.1 Å². The third-order valence-electron chi connectivity index (χ3n) is 4.68. The first-order valence-electron chi connectivity index (χ1n) is 9.07. The molecule has 0 fully saturated rings. The van der Waals surface area contributed by atoms with Crippen molar-refractivity contribution < 1.29 is 0 Å². The minimum atomic E-state index is 0.941. The van der Waals surface area contributed by atoms with Crippen LogP contribution in [0.2, 0.25) is 0 Å². The molecule has 4 rings (SSSR count). The van der Waals surface area contributed by atoms with Gasteiger partial charge in [-0.2, -0.15) is 0 Å². The maximum absolute atomic E-state index is 5.07. The quantitative estimate of drug-likeness (QED) is 0.407. The van der Waals surface area contributed by atoms with Gasteiger partial charge >= 0.3 is 0 Å². The summed E-state index contributed by atoms with van der Waals surface area (Å²) in [5, 5.41) is 0. The van der Waals surface area contributed by atoms with Crippen molar-refractivity contribution in [3.63, 3.8) is 0 Å². The van der Waals surface area contributed by atoms with Crippen molar-refractivity contribution in [2.45, 2.75) is 13.3 Å². The summed E-state index contributed by atoms with van der Waals surface area (Å²) < 4.78 is 0. The summed E-state index contributed by atoms with van der Waals surface area (Å²) in [5.41, 5.74) is 8.20. The van der Waals surface area contributed by atoms with Crippen LogP contribution in [0.15, 0.2) is 97.1 Å². The molecule has 0 saturated heterocycles. The molecular formula is C25H21N. The Morgan fingerprint density at radius 2 is 1.12 bits per heavy atom. The van der Waals surface area contributed by atoms with Crippen LogP contribution in [0.3, 0.4) is 0 Å². The smallest absolute Gasteiger partial charge is 0.0747 e. The lowest BCUT2D eigenvalue weighted by Crippen LogP contribution is -1.98. The summed E-state index contributed by atoms with van der Waals surface area (Å²) in [6, 6.07) is 33.8. The van der Waals surface area contributed by atoms with Crippen LogP contribution in [0.1, 0.15) is 12.5 Å². The Kier molecular flexibility index (Phi) is 4.61. The number of hydrogen-bond acceptors (Lipinski definition) is 1. The van der Waals surface area contributed by atoms with Gasteiger partial charge in [0.05, 0.1) is 11.4 Å². The molecule has 0 amide bonds. The molecule has 0 aliphatic rings. The molecule has 1 heteroatoms. The molecule has 1 heterocycles. The van der Waals surface area contributed by atoms with Crippen molar-refractivity contribution in [2.75, 3.05) is 0 Å². The van der Waals surface area contributed by atoms with E-state index in [0.29, 0.717) is 0 Å². The molecule has 1 aromatic heterocycles. The Balaban J connectivity index is 2.01. The normalized spacial score (nSPS) is 10.7. The van der Waals surface area contributed by atoms with Gasteiger partial charge in [-0.3, -0.25) is 0 Å². The Morgan fingerprint density at radius 1 is 0.615 bits per heavy atom. The molecule has 0 bridgehead atoms. The molecule has 0 aliphatic heterocycles. The summed E-state index contributed by atoms with van der Waals surface area (Å²) in [6.45, 7) is 2.21. The Hall–Kier alpha value is -3.19. The first kappa shape index (κ1) is 16.3. The minimum absolute atomic E-state index is 0.941. The van der Waals surface area contributed by atoms with E-state index in [9.17, 15) is 0 Å². The molecule has 4 aromatic rings. The van der Waals surface area contributed by atoms with Crippen LogP contribution in [0, 0.1) is 0 Å². The highest BCUT2D eigenvalue weighted by Crippen LogP contribution is 2.35. The third-order valence-corrected chi connectivity index (χ3v) is 4.68. The second-order valence-electron chi connectivity index (χ2n) is 6.33. The topological polar surface area (TPSA) is 12.9 Å². The Morgan fingerprint density at radius 3 is 1.65 bits per heavy atom. The lowest BCUT2D eigenvalue weighted by molar-refractivity contribution is 1.11. The van der Waals surface area contributed by atoms with E-state index in [0.717, 1.165) is 23.4 Å². The molecule has 3 aromatic carbocycles. The van der Waals surface area contributed by atoms with Crippen molar-refractivity contribution in [3.8, 4) is 33.6 Å². The largest absolute Gasteiger partial charge is 0.247 e. The molecule has 0 spiro atoms. The highest BCUT2D eigenvalue weighted by Gasteiger charge is 2.15. The van der Waals surface area contributed by atoms with Crippen LogP contribution in [0.25, 0.3) is 33.6 Å². The van der Waals surface area contributed by atoms with Crippen molar-refractivity contribution >= 4 is 0 Å². The molecule has 1 nitrogen and oxygen atoms in total. The lowest BCUT2D eigenvalue weighted by atomic mass is 9.92. The van der Waals surface area contributed by atoms with Gasteiger partial charge in [-0.05, 0) is 29.2 Å². The summed E-state index contributed by atoms with van der Waals surface area (Å²) in [7, 11) is 0. The number of benzene rings is 3. The van der Waals surface area contributed by atoms with Gasteiger partial charge in [0.1, 0.15) is 0 Å². The van der Waals surface area contributed by atoms with Gasteiger partial charge in [0.2, 0.25) is 0 Å². The zero-order chi connectivity index (χ0) is 17.8. The van der Waals surface area contributed by atoms with Crippen LogP contribution in [-0.2, 0) is 6.42 Å². The van der Waals surface area contributed by atoms with Gasteiger partial charge in [-0.25, -0.2) is 4.98 Å². The maximum Gasteiger partial charge on any atom is 0.0747 e. The minimum Gasteiger partial charge on any atom is -0.247 e. The van der Waals surface area contributed by atoms with Crippen LogP contribution in [-0.4, -0.2) is 4.98 Å². The van der Waals surface area contributed by atoms with Crippen LogP contribution in [0.5, 0.6) is 0 Å². The molecule has 126 valence electrons. The highest BCUT2D eigenvalue weighted by molar-refractivity contribution is 5.80. The van der Waals surface area contributed by atoms with Crippen molar-refractivity contribution in [1.29, 1.82) is 0 Å². The lowest BCUT2D eigenvalue weighted by Gasteiger charge is -2.16. The fourth-order valence-electron chi connectivity index (χ4n) is 3.40. The van der Waals surface area contributed by atoms with E-state index >= 15 is 0 Å². The molecule has 0 radical (unpaired) electrons. The molecule has 26 heavy (non-hydrogen) atoms. The number of aromatic nitrogens is 1. The Bertz CT molecular complexity index is 929. The van der Waals surface area contributed by atoms with Crippen LogP contribution < -0.4 is 0 Å². The molecular weight excluding hydrogens is 314 g/mol. The van der Waals surface area contributed by atoms with Crippen molar-refractivity contribution in [3.05, 3.63) is 103 Å². The average molecular weight is 335 g/mol. The monoisotopic (exact) mass is 335 g/mol. The molecule has 0 N–H and O–H groups in total. The predicted molar refractivity (Wildman–Crippen MR) is 110 cm³/mol. The number of rotatable bonds is 4. The second-order valence-corrected chi connectivity index (χ2v) is 6.33. The van der Waals surface area contributed by atoms with E-state index in [-0.39, 0.29) is 0 Å². The highest BCUT2D eigenvalue weighted by atomic mass is 14.7. The van der Waals surface area contributed by atoms with E-state index in [1.807, 2.05) is 12.1 Å². The zero-order valence-electron chi connectivity index (χ0n) is 14.9. The van der Waals surface area contributed by atoms with Gasteiger partial charge < -0.3 is 0 Å². The number of hydrogen-bond donors (Lipinski definition) is 0. The number of nitrogens with zero attached hydrogens (tertiary/aromatic N) is 1. The van der Waals surface area contributed by atoms with Gasteiger partial charge in [0.15, 0.2) is 0 Å². The summed E-state index contributed by atoms with van der Waals surface area (Å²) in [6.07, 6.45) is 0.941. The zero-order valence-corrected chi connectivity index (χ0v) is 14.9. The molecule has 0 unspecified atom stereocenters. The fraction of sp³-hybridized carbons (Fsp3) is 0.0800. The van der Waals surface area contributed by atoms with Crippen LogP contribution >= 0.6 is 0 Å². The standard InChI is InChI=1S/C25H21N/c1-2-22-23(19-12-6-3-7-13-19)18-24(20-14-8-4-9-15-20)26-25(22)21-16-10-5-11-17-21/h3-18H,2H2,1H3. The predicted octanol–water partition coefficient (Wildman–Crippen LogP) is 6.65. The van der Waals surface area contributed by atoms with E-state index in [1.165, 1.54) is 22.3 Å². The first-order chi connectivity index (χ1) is 12.9. The molecule has 0 saturated carbocycles. The summed E-state index contributed by atoms with van der Waals surface area (Å²) >= 11 is 0. The van der Waals surface area contributed by atoms with Crippen molar-refractivity contribution in [1.82, 2.24) is 4.98 Å². The average Bonchev–Trinajstić information content (AvgIpc) is 2.74. The number of pyridine rings is 1. The molecule has 0 aliphatic carbocycles. The van der Waals surface area contributed by atoms with Gasteiger partial charge in [-0.15, -0.1) is 0 Å². The maximum atomic E-state index is 5.07. The fourth-order valence-corrected chi connectivity index (χ4v) is 3.40. The summed E-state index contributed by atoms with van der Waals surface area (Å²) in [4.78, 5) is 5.07. The Labute approximate surface area is 155 Å². The first-order valence-corrected chi connectivity index (χ1v) is 9.07. The van der Waals surface area contributed by atoms with E-state index in [1.54, 1.807) is 0 Å². The van der Waals surface area contributed by atoms with E-state index < -0.39 is 0 Å². The van der Waals surface area contributed by atoms with Gasteiger partial charge in [0.25, 0.3) is 0 Å². The molecule has 0 atom stereocenters.